The molecular formula is C35H24Cl2O4S2. The third-order valence-corrected chi connectivity index (χ3v) is 9.18. The first-order valence-electron chi connectivity index (χ1n) is 13.1. The van der Waals surface area contributed by atoms with Gasteiger partial charge in [0.15, 0.2) is 0 Å². The van der Waals surface area contributed by atoms with E-state index in [1.807, 2.05) is 6.07 Å². The first kappa shape index (κ1) is 30.9. The zero-order valence-electron chi connectivity index (χ0n) is 22.6. The lowest BCUT2D eigenvalue weighted by molar-refractivity contribution is -2.00. The second-order valence-corrected chi connectivity index (χ2v) is 12.6. The van der Waals surface area contributed by atoms with Gasteiger partial charge in [0.25, 0.3) is 0 Å². The Labute approximate surface area is 265 Å². The molecule has 0 N–H and O–H groups in total. The molecule has 0 bridgehead atoms. The van der Waals surface area contributed by atoms with Gasteiger partial charge in [0, 0.05) is 33.1 Å². The fourth-order valence-electron chi connectivity index (χ4n) is 4.42. The smallest absolute Gasteiger partial charge is 0.222 e. The summed E-state index contributed by atoms with van der Waals surface area (Å²) >= 11 is 10.7. The molecule has 0 saturated heterocycles. The largest absolute Gasteiger partial charge is 0.239 e. The van der Waals surface area contributed by atoms with E-state index in [4.69, 9.17) is 30.2 Å². The third kappa shape index (κ3) is 8.74. The molecule has 1 aliphatic heterocycles. The van der Waals surface area contributed by atoms with Gasteiger partial charge in [-0.1, -0.05) is 120 Å². The molecule has 0 fully saturated rings. The Bertz CT molecular complexity index is 1710. The van der Waals surface area contributed by atoms with E-state index in [-0.39, 0.29) is 0 Å². The van der Waals surface area contributed by atoms with Gasteiger partial charge in [0.1, 0.15) is 0 Å². The van der Waals surface area contributed by atoms with Crippen molar-refractivity contribution in [2.75, 3.05) is 0 Å². The summed E-state index contributed by atoms with van der Waals surface area (Å²) in [6.07, 6.45) is 4.44. The van der Waals surface area contributed by atoms with Gasteiger partial charge in [-0.15, -0.1) is 10.2 Å². The number of allylic oxidation sites excluding steroid dienone is 3. The minimum atomic E-state index is -4.94. The number of thioether (sulfide) groups is 1. The molecule has 0 aliphatic carbocycles. The van der Waals surface area contributed by atoms with Crippen molar-refractivity contribution < 1.29 is 28.9 Å². The van der Waals surface area contributed by atoms with Crippen LogP contribution >= 0.6 is 34.7 Å². The SMILES string of the molecule is ClC1=C(c2ccccc2)SC(c2ccccc2)=C/C1=C\c1cc(-c2ccccc2)[s+]c(-c2ccccc2)c1.[O-][Cl+3]([O-])([O-])[O-]. The second kappa shape index (κ2) is 14.3. The van der Waals surface area contributed by atoms with Crippen LogP contribution in [0.4, 0.5) is 0 Å². The molecule has 0 atom stereocenters. The third-order valence-electron chi connectivity index (χ3n) is 6.30. The van der Waals surface area contributed by atoms with Gasteiger partial charge in [-0.3, -0.25) is 0 Å². The maximum Gasteiger partial charge on any atom is 0.239 e. The molecule has 4 aromatic carbocycles. The highest BCUT2D eigenvalue weighted by Crippen LogP contribution is 2.49. The summed E-state index contributed by atoms with van der Waals surface area (Å²) in [4.78, 5) is 4.70. The Balaban J connectivity index is 0.000000682. The van der Waals surface area contributed by atoms with Crippen LogP contribution in [0.3, 0.4) is 0 Å². The molecule has 6 rings (SSSR count). The highest BCUT2D eigenvalue weighted by atomic mass is 35.7. The van der Waals surface area contributed by atoms with Crippen LogP contribution in [0, 0.1) is 10.2 Å². The molecule has 0 spiro atoms. The molecule has 2 heterocycles. The Hall–Kier alpha value is -3.56. The average Bonchev–Trinajstić information content (AvgIpc) is 3.03. The zero-order chi connectivity index (χ0) is 30.2. The van der Waals surface area contributed by atoms with Crippen molar-refractivity contribution >= 4 is 50.6 Å². The van der Waals surface area contributed by atoms with E-state index < -0.39 is 10.2 Å². The summed E-state index contributed by atoms with van der Waals surface area (Å²) in [6, 6.07) is 46.6. The molecule has 0 amide bonds. The summed E-state index contributed by atoms with van der Waals surface area (Å²) in [5, 5.41) is 0.774. The Morgan fingerprint density at radius 3 is 1.42 bits per heavy atom. The predicted molar refractivity (Wildman–Crippen MR) is 169 cm³/mol. The van der Waals surface area contributed by atoms with Crippen LogP contribution in [0.5, 0.6) is 0 Å². The van der Waals surface area contributed by atoms with Crippen LogP contribution < -0.4 is 18.6 Å². The molecule has 1 aromatic heterocycles. The van der Waals surface area contributed by atoms with Gasteiger partial charge in [-0.25, -0.2) is 18.6 Å². The molecule has 0 unspecified atom stereocenters. The van der Waals surface area contributed by atoms with Crippen LogP contribution in [0.25, 0.3) is 36.8 Å². The first-order chi connectivity index (χ1) is 20.7. The van der Waals surface area contributed by atoms with Crippen LogP contribution in [-0.4, -0.2) is 0 Å². The van der Waals surface area contributed by atoms with Gasteiger partial charge < -0.3 is 0 Å². The van der Waals surface area contributed by atoms with E-state index in [1.54, 1.807) is 23.1 Å². The Kier molecular flexibility index (Phi) is 10.3. The summed E-state index contributed by atoms with van der Waals surface area (Å²) in [5.74, 6) is 0. The number of rotatable bonds is 5. The lowest BCUT2D eigenvalue weighted by atomic mass is 10.0. The number of hydrogen-bond donors (Lipinski definition) is 0. The highest BCUT2D eigenvalue weighted by molar-refractivity contribution is 8.16. The topological polar surface area (TPSA) is 92.2 Å². The minimum Gasteiger partial charge on any atom is -0.222 e. The van der Waals surface area contributed by atoms with E-state index in [2.05, 4.69) is 140 Å². The molecule has 8 heteroatoms. The first-order valence-corrected chi connectivity index (χ1v) is 16.3. The molecule has 43 heavy (non-hydrogen) atoms. The quantitative estimate of drug-likeness (QED) is 0.207. The Morgan fingerprint density at radius 1 is 0.581 bits per heavy atom. The van der Waals surface area contributed by atoms with Crippen molar-refractivity contribution in [2.45, 2.75) is 0 Å². The van der Waals surface area contributed by atoms with E-state index in [0.717, 1.165) is 26.6 Å². The van der Waals surface area contributed by atoms with E-state index >= 15 is 0 Å². The molecular weight excluding hydrogens is 619 g/mol. The van der Waals surface area contributed by atoms with Gasteiger partial charge in [0.2, 0.25) is 21.1 Å². The molecule has 1 aliphatic rings. The van der Waals surface area contributed by atoms with Crippen LogP contribution in [0.2, 0.25) is 0 Å². The predicted octanol–water partition coefficient (Wildman–Crippen LogP) is 6.39. The summed E-state index contributed by atoms with van der Waals surface area (Å²) < 4.78 is 34.0. The van der Waals surface area contributed by atoms with Gasteiger partial charge >= 0.3 is 0 Å². The van der Waals surface area contributed by atoms with E-state index in [1.165, 1.54) is 31.3 Å². The summed E-state index contributed by atoms with van der Waals surface area (Å²) in [5.41, 5.74) is 6.86. The van der Waals surface area contributed by atoms with Crippen LogP contribution in [0.1, 0.15) is 16.7 Å². The van der Waals surface area contributed by atoms with Crippen molar-refractivity contribution in [3.05, 3.63) is 167 Å². The van der Waals surface area contributed by atoms with Crippen molar-refractivity contribution in [2.24, 2.45) is 0 Å². The monoisotopic (exact) mass is 642 g/mol. The van der Waals surface area contributed by atoms with E-state index in [9.17, 15) is 0 Å². The summed E-state index contributed by atoms with van der Waals surface area (Å²) in [6.45, 7) is 0. The second-order valence-electron chi connectivity index (χ2n) is 9.31. The minimum absolute atomic E-state index is 0.774. The maximum absolute atomic E-state index is 8.49. The van der Waals surface area contributed by atoms with Crippen molar-refractivity contribution in [3.63, 3.8) is 0 Å². The lowest BCUT2D eigenvalue weighted by Crippen LogP contribution is -2.68. The zero-order valence-corrected chi connectivity index (χ0v) is 25.7. The van der Waals surface area contributed by atoms with Gasteiger partial charge in [-0.2, -0.15) is 0 Å². The van der Waals surface area contributed by atoms with Crippen LogP contribution in [0.15, 0.2) is 150 Å². The Morgan fingerprint density at radius 2 is 0.977 bits per heavy atom. The number of hydrogen-bond acceptors (Lipinski definition) is 5. The van der Waals surface area contributed by atoms with Gasteiger partial charge in [-0.05, 0) is 58.7 Å². The standard InChI is InChI=1S/C35H24ClS2.ClHO4/c36-34-30(24-33(28-17-9-3-10-18-28)38-35(34)29-19-11-4-12-20-29)21-25-22-31(26-13-5-1-6-14-26)37-32(23-25)27-15-7-2-8-16-27;2-1(3,4)5/h1-24H;(H,2,3,4,5)/q+1;/p-1. The average molecular weight is 644 g/mol. The fourth-order valence-corrected chi connectivity index (χ4v) is 7.01. The molecule has 214 valence electrons. The number of halogens is 2. The van der Waals surface area contributed by atoms with E-state index in [0.29, 0.717) is 0 Å². The highest BCUT2D eigenvalue weighted by Gasteiger charge is 2.22. The van der Waals surface area contributed by atoms with Crippen LogP contribution in [-0.2, 0) is 0 Å². The lowest BCUT2D eigenvalue weighted by Gasteiger charge is -2.20. The van der Waals surface area contributed by atoms with Crippen molar-refractivity contribution in [1.82, 2.24) is 0 Å². The molecule has 4 nitrogen and oxygen atoms in total. The van der Waals surface area contributed by atoms with Crippen molar-refractivity contribution in [1.29, 1.82) is 0 Å². The van der Waals surface area contributed by atoms with Gasteiger partial charge in [0.05, 0.1) is 5.03 Å². The molecule has 5 aromatic rings. The summed E-state index contributed by atoms with van der Waals surface area (Å²) in [7, 11) is -4.94. The number of benzene rings is 4. The maximum atomic E-state index is 8.49. The van der Waals surface area contributed by atoms with Crippen molar-refractivity contribution in [3.8, 4) is 20.9 Å². The molecule has 0 saturated carbocycles. The fraction of sp³-hybridized carbons (Fsp3) is 0. The molecule has 0 radical (unpaired) electrons. The normalized spacial score (nSPS) is 14.2.